The monoisotopic (exact) mass is 497 g/mol. The molecule has 0 spiro atoms. The minimum Gasteiger partial charge on any atom is -0.460 e. The lowest BCUT2D eigenvalue weighted by Gasteiger charge is -2.18. The molecule has 0 aliphatic rings. The van der Waals surface area contributed by atoms with Crippen LogP contribution in [-0.4, -0.2) is 32.4 Å². The quantitative estimate of drug-likeness (QED) is 0.211. The van der Waals surface area contributed by atoms with Gasteiger partial charge in [0.2, 0.25) is 10.0 Å². The van der Waals surface area contributed by atoms with E-state index in [2.05, 4.69) is 4.72 Å². The molecule has 0 saturated heterocycles. The van der Waals surface area contributed by atoms with E-state index in [1.807, 2.05) is 36.6 Å². The van der Waals surface area contributed by atoms with Crippen LogP contribution in [-0.2, 0) is 26.2 Å². The fourth-order valence-corrected chi connectivity index (χ4v) is 5.41. The Morgan fingerprint density at radius 3 is 2.56 bits per heavy atom. The van der Waals surface area contributed by atoms with E-state index in [1.165, 1.54) is 30.0 Å². The van der Waals surface area contributed by atoms with Crippen LogP contribution < -0.4 is 10.3 Å². The van der Waals surface area contributed by atoms with Crippen molar-refractivity contribution >= 4 is 49.5 Å². The number of esters is 1. The number of hydrogen-bond acceptors (Lipinski definition) is 7. The van der Waals surface area contributed by atoms with Gasteiger partial charge in [-0.3, -0.25) is 4.79 Å². The van der Waals surface area contributed by atoms with Gasteiger partial charge in [0.15, 0.2) is 0 Å². The number of carbonyl (C=O) groups excluding carboxylic acids is 1. The Morgan fingerprint density at radius 1 is 1.06 bits per heavy atom. The zero-order valence-electron chi connectivity index (χ0n) is 18.4. The SMILES string of the molecule is CSCCC(NS(=O)(=O)c1ccccc1)C(=O)OCc1cc(=O)oc2ccc3ccccc3c12. The summed E-state index contributed by atoms with van der Waals surface area (Å²) in [6.45, 7) is -0.197. The molecule has 1 aromatic heterocycles. The Morgan fingerprint density at radius 2 is 1.79 bits per heavy atom. The van der Waals surface area contributed by atoms with Gasteiger partial charge >= 0.3 is 11.6 Å². The van der Waals surface area contributed by atoms with E-state index in [9.17, 15) is 18.0 Å². The van der Waals surface area contributed by atoms with E-state index in [0.29, 0.717) is 22.3 Å². The first kappa shape index (κ1) is 24.0. The predicted octanol–water partition coefficient (Wildman–Crippen LogP) is 4.09. The molecule has 1 atom stereocenters. The van der Waals surface area contributed by atoms with Gasteiger partial charge in [-0.1, -0.05) is 48.5 Å². The minimum atomic E-state index is -3.91. The number of benzene rings is 3. The Labute approximate surface area is 201 Å². The van der Waals surface area contributed by atoms with Crippen molar-refractivity contribution in [3.05, 3.63) is 88.8 Å². The van der Waals surface area contributed by atoms with E-state index < -0.39 is 27.7 Å². The third kappa shape index (κ3) is 5.32. The molecule has 0 bridgehead atoms. The van der Waals surface area contributed by atoms with Gasteiger partial charge in [0.1, 0.15) is 18.2 Å². The summed E-state index contributed by atoms with van der Waals surface area (Å²) in [4.78, 5) is 25.1. The molecule has 0 aliphatic carbocycles. The predicted molar refractivity (Wildman–Crippen MR) is 133 cm³/mol. The second kappa shape index (κ2) is 10.4. The van der Waals surface area contributed by atoms with Crippen molar-refractivity contribution in [2.24, 2.45) is 0 Å². The van der Waals surface area contributed by atoms with Crippen LogP contribution in [0.4, 0.5) is 0 Å². The van der Waals surface area contributed by atoms with Crippen molar-refractivity contribution in [3.8, 4) is 0 Å². The molecule has 4 aromatic rings. The lowest BCUT2D eigenvalue weighted by Crippen LogP contribution is -2.42. The van der Waals surface area contributed by atoms with E-state index in [0.717, 1.165) is 10.8 Å². The Bertz CT molecular complexity index is 1480. The number of thioether (sulfide) groups is 1. The standard InChI is InChI=1S/C25H23NO6S2/c1-33-14-13-21(26-34(29,30)19-8-3-2-4-9-19)25(28)31-16-18-15-23(27)32-22-12-11-17-7-5-6-10-20(17)24(18)22/h2-12,15,21,26H,13-14,16H2,1H3. The van der Waals surface area contributed by atoms with Crippen LogP contribution in [0.3, 0.4) is 0 Å². The second-order valence-electron chi connectivity index (χ2n) is 7.63. The Hall–Kier alpha value is -3.14. The van der Waals surface area contributed by atoms with Gasteiger partial charge in [0, 0.05) is 17.0 Å². The number of fused-ring (bicyclic) bond motifs is 3. The molecule has 0 saturated carbocycles. The van der Waals surface area contributed by atoms with Crippen LogP contribution in [0.5, 0.6) is 0 Å². The highest BCUT2D eigenvalue weighted by Crippen LogP contribution is 2.28. The van der Waals surface area contributed by atoms with Crippen LogP contribution in [0.25, 0.3) is 21.7 Å². The maximum Gasteiger partial charge on any atom is 0.336 e. The third-order valence-corrected chi connectivity index (χ3v) is 7.46. The average molecular weight is 498 g/mol. The maximum atomic E-state index is 13.0. The van der Waals surface area contributed by atoms with Crippen molar-refractivity contribution in [2.45, 2.75) is 24.0 Å². The minimum absolute atomic E-state index is 0.0649. The summed E-state index contributed by atoms with van der Waals surface area (Å²) in [5, 5.41) is 2.49. The summed E-state index contributed by atoms with van der Waals surface area (Å²) in [6.07, 6.45) is 2.13. The summed E-state index contributed by atoms with van der Waals surface area (Å²) < 4.78 is 38.9. The topological polar surface area (TPSA) is 103 Å². The van der Waals surface area contributed by atoms with Crippen LogP contribution >= 0.6 is 11.8 Å². The molecular weight excluding hydrogens is 474 g/mol. The molecule has 9 heteroatoms. The average Bonchev–Trinajstić information content (AvgIpc) is 2.85. The molecule has 176 valence electrons. The number of rotatable bonds is 9. The first-order valence-corrected chi connectivity index (χ1v) is 13.4. The Balaban J connectivity index is 1.60. The molecule has 0 radical (unpaired) electrons. The fraction of sp³-hybridized carbons (Fsp3) is 0.200. The molecular formula is C25H23NO6S2. The highest BCUT2D eigenvalue weighted by Gasteiger charge is 2.27. The maximum absolute atomic E-state index is 13.0. The largest absolute Gasteiger partial charge is 0.460 e. The van der Waals surface area contributed by atoms with Crippen LogP contribution in [0, 0.1) is 0 Å². The first-order chi connectivity index (χ1) is 16.4. The van der Waals surface area contributed by atoms with E-state index in [4.69, 9.17) is 9.15 Å². The first-order valence-electron chi connectivity index (χ1n) is 10.6. The highest BCUT2D eigenvalue weighted by molar-refractivity contribution is 7.98. The highest BCUT2D eigenvalue weighted by atomic mass is 32.2. The molecule has 1 heterocycles. The van der Waals surface area contributed by atoms with Gasteiger partial charge in [-0.2, -0.15) is 16.5 Å². The van der Waals surface area contributed by atoms with Crippen molar-refractivity contribution in [1.82, 2.24) is 4.72 Å². The summed E-state index contributed by atoms with van der Waals surface area (Å²) in [6, 6.07) is 19.3. The van der Waals surface area contributed by atoms with Gasteiger partial charge in [-0.25, -0.2) is 13.2 Å². The Kier molecular flexibility index (Phi) is 7.35. The van der Waals surface area contributed by atoms with Gasteiger partial charge < -0.3 is 9.15 Å². The molecule has 4 rings (SSSR count). The van der Waals surface area contributed by atoms with Gasteiger partial charge in [-0.05, 0) is 47.4 Å². The van der Waals surface area contributed by atoms with Gasteiger partial charge in [0.05, 0.1) is 4.90 Å². The molecule has 0 amide bonds. The molecule has 1 N–H and O–H groups in total. The normalized spacial score (nSPS) is 12.6. The lowest BCUT2D eigenvalue weighted by atomic mass is 10.0. The summed E-state index contributed by atoms with van der Waals surface area (Å²) in [7, 11) is -3.91. The van der Waals surface area contributed by atoms with Crippen molar-refractivity contribution < 1.29 is 22.4 Å². The summed E-state index contributed by atoms with van der Waals surface area (Å²) in [5.41, 5.74) is 0.324. The van der Waals surface area contributed by atoms with Crippen molar-refractivity contribution in [2.75, 3.05) is 12.0 Å². The molecule has 3 aromatic carbocycles. The number of hydrogen-bond donors (Lipinski definition) is 1. The third-order valence-electron chi connectivity index (χ3n) is 5.33. The van der Waals surface area contributed by atoms with E-state index in [1.54, 1.807) is 24.3 Å². The molecule has 0 fully saturated rings. The zero-order chi connectivity index (χ0) is 24.1. The molecule has 1 unspecified atom stereocenters. The number of carbonyl (C=O) groups is 1. The number of nitrogens with one attached hydrogen (secondary N) is 1. The smallest absolute Gasteiger partial charge is 0.336 e. The summed E-state index contributed by atoms with van der Waals surface area (Å²) >= 11 is 1.49. The van der Waals surface area contributed by atoms with Gasteiger partial charge in [0.25, 0.3) is 0 Å². The fourth-order valence-electron chi connectivity index (χ4n) is 3.70. The van der Waals surface area contributed by atoms with Crippen LogP contribution in [0.15, 0.2) is 86.9 Å². The van der Waals surface area contributed by atoms with Crippen molar-refractivity contribution in [3.63, 3.8) is 0 Å². The van der Waals surface area contributed by atoms with Crippen molar-refractivity contribution in [1.29, 1.82) is 0 Å². The zero-order valence-corrected chi connectivity index (χ0v) is 20.0. The molecule has 34 heavy (non-hydrogen) atoms. The molecule has 7 nitrogen and oxygen atoms in total. The lowest BCUT2D eigenvalue weighted by molar-refractivity contribution is -0.147. The number of ether oxygens (including phenoxy) is 1. The van der Waals surface area contributed by atoms with Gasteiger partial charge in [-0.15, -0.1) is 0 Å². The van der Waals surface area contributed by atoms with Crippen LogP contribution in [0.1, 0.15) is 12.0 Å². The summed E-state index contributed by atoms with van der Waals surface area (Å²) in [5.74, 6) is -0.158. The second-order valence-corrected chi connectivity index (χ2v) is 10.3. The van der Waals surface area contributed by atoms with E-state index in [-0.39, 0.29) is 17.9 Å². The van der Waals surface area contributed by atoms with Crippen LogP contribution in [0.2, 0.25) is 0 Å². The number of sulfonamides is 1. The van der Waals surface area contributed by atoms with E-state index >= 15 is 0 Å². The molecule has 0 aliphatic heterocycles.